The van der Waals surface area contributed by atoms with E-state index in [0.29, 0.717) is 49.8 Å². The maximum atomic E-state index is 13.2. The van der Waals surface area contributed by atoms with Gasteiger partial charge in [0.25, 0.3) is 5.56 Å². The second kappa shape index (κ2) is 8.50. The molecule has 0 amide bonds. The lowest BCUT2D eigenvalue weighted by atomic mass is 10.0. The Morgan fingerprint density at radius 3 is 2.47 bits per heavy atom. The number of ether oxygens (including phenoxy) is 1. The van der Waals surface area contributed by atoms with E-state index in [1.165, 1.54) is 4.57 Å². The summed E-state index contributed by atoms with van der Waals surface area (Å²) in [4.78, 5) is 17.6. The number of aryl methyl sites for hydroxylation is 1. The zero-order valence-corrected chi connectivity index (χ0v) is 21.8. The van der Waals surface area contributed by atoms with Gasteiger partial charge in [0.1, 0.15) is 11.9 Å². The third kappa shape index (κ3) is 4.10. The standard InChI is InChI=1S/C21H24Cl3N5O2Si/c1-27-20(30)15-13(12-6-7-14-16(17(12)22)18(23)28(2)26-14)10-29(19(15)25-21(27)24)11-31-8-9-32(3,4)5/h6-7,10H,8-9,11H2,1-5H3. The van der Waals surface area contributed by atoms with Crippen LogP contribution >= 0.6 is 34.8 Å². The SMILES string of the molecule is Cn1nc2ccc(-c3cn(COCC[Si](C)(C)C)c4nc(Cl)n(C)c(=O)c34)c(Cl)c2c1Cl. The number of fused-ring (bicyclic) bond motifs is 2. The summed E-state index contributed by atoms with van der Waals surface area (Å²) in [6.07, 6.45) is 1.83. The van der Waals surface area contributed by atoms with Crippen LogP contribution in [0.25, 0.3) is 33.1 Å². The molecule has 0 saturated carbocycles. The highest BCUT2D eigenvalue weighted by molar-refractivity contribution is 6.76. The molecule has 3 aromatic heterocycles. The van der Waals surface area contributed by atoms with E-state index in [1.807, 2.05) is 18.3 Å². The minimum absolute atomic E-state index is 0.104. The Balaban J connectivity index is 1.87. The van der Waals surface area contributed by atoms with Crippen LogP contribution in [0.2, 0.25) is 41.1 Å². The maximum absolute atomic E-state index is 13.2. The smallest absolute Gasteiger partial charge is 0.264 e. The van der Waals surface area contributed by atoms with Gasteiger partial charge in [-0.25, -0.2) is 4.98 Å². The average Bonchev–Trinajstić information content (AvgIpc) is 3.21. The average molecular weight is 513 g/mol. The molecule has 3 heterocycles. The Labute approximate surface area is 201 Å². The van der Waals surface area contributed by atoms with E-state index in [4.69, 9.17) is 39.5 Å². The Hall–Kier alpha value is -1.84. The van der Waals surface area contributed by atoms with Crippen molar-refractivity contribution >= 4 is 64.8 Å². The quantitative estimate of drug-likeness (QED) is 0.193. The van der Waals surface area contributed by atoms with Crippen LogP contribution in [0, 0.1) is 0 Å². The van der Waals surface area contributed by atoms with Crippen LogP contribution in [-0.4, -0.2) is 38.6 Å². The van der Waals surface area contributed by atoms with Gasteiger partial charge in [-0.05, 0) is 23.7 Å². The molecule has 7 nitrogen and oxygen atoms in total. The van der Waals surface area contributed by atoms with Crippen molar-refractivity contribution in [3.63, 3.8) is 0 Å². The molecule has 4 rings (SSSR count). The van der Waals surface area contributed by atoms with E-state index < -0.39 is 8.07 Å². The van der Waals surface area contributed by atoms with Gasteiger partial charge in [0, 0.05) is 46.1 Å². The van der Waals surface area contributed by atoms with Gasteiger partial charge in [-0.3, -0.25) is 14.0 Å². The molecular weight excluding hydrogens is 489 g/mol. The Morgan fingerprint density at radius 1 is 1.06 bits per heavy atom. The predicted molar refractivity (Wildman–Crippen MR) is 134 cm³/mol. The highest BCUT2D eigenvalue weighted by Gasteiger charge is 2.22. The van der Waals surface area contributed by atoms with Gasteiger partial charge in [0.15, 0.2) is 5.65 Å². The number of benzene rings is 1. The number of aromatic nitrogens is 5. The minimum Gasteiger partial charge on any atom is -0.361 e. The molecule has 4 aromatic rings. The van der Waals surface area contributed by atoms with Crippen LogP contribution in [0.5, 0.6) is 0 Å². The largest absolute Gasteiger partial charge is 0.361 e. The molecule has 0 aliphatic rings. The summed E-state index contributed by atoms with van der Waals surface area (Å²) in [6, 6.07) is 4.72. The number of rotatable bonds is 6. The molecule has 0 N–H and O–H groups in total. The van der Waals surface area contributed by atoms with Crippen molar-refractivity contribution in [1.82, 2.24) is 23.9 Å². The number of halogens is 3. The second-order valence-corrected chi connectivity index (χ2v) is 15.7. The second-order valence-electron chi connectivity index (χ2n) is 9.04. The molecule has 0 aliphatic carbocycles. The van der Waals surface area contributed by atoms with Crippen molar-refractivity contribution in [3.8, 4) is 11.1 Å². The zero-order valence-electron chi connectivity index (χ0n) is 18.5. The lowest BCUT2D eigenvalue weighted by molar-refractivity contribution is 0.0899. The summed E-state index contributed by atoms with van der Waals surface area (Å²) in [6.45, 7) is 7.79. The van der Waals surface area contributed by atoms with Crippen molar-refractivity contribution in [2.24, 2.45) is 14.1 Å². The third-order valence-corrected chi connectivity index (χ3v) is 8.30. The van der Waals surface area contributed by atoms with Crippen LogP contribution in [0.15, 0.2) is 23.1 Å². The normalized spacial score (nSPS) is 12.4. The molecule has 0 aliphatic heterocycles. The maximum Gasteiger partial charge on any atom is 0.264 e. The summed E-state index contributed by atoms with van der Waals surface area (Å²) in [7, 11) is 2.12. The van der Waals surface area contributed by atoms with E-state index >= 15 is 0 Å². The first-order valence-corrected chi connectivity index (χ1v) is 15.0. The van der Waals surface area contributed by atoms with E-state index in [0.717, 1.165) is 6.04 Å². The van der Waals surface area contributed by atoms with Gasteiger partial charge in [0.2, 0.25) is 5.28 Å². The fraction of sp³-hybridized carbons (Fsp3) is 0.381. The van der Waals surface area contributed by atoms with E-state index in [-0.39, 0.29) is 17.6 Å². The molecule has 32 heavy (non-hydrogen) atoms. The van der Waals surface area contributed by atoms with Crippen molar-refractivity contribution in [2.45, 2.75) is 32.4 Å². The fourth-order valence-electron chi connectivity index (χ4n) is 3.56. The van der Waals surface area contributed by atoms with Crippen LogP contribution in [0.3, 0.4) is 0 Å². The first-order chi connectivity index (χ1) is 15.0. The van der Waals surface area contributed by atoms with Crippen LogP contribution < -0.4 is 5.56 Å². The molecule has 0 radical (unpaired) electrons. The molecule has 0 fully saturated rings. The highest BCUT2D eigenvalue weighted by Crippen LogP contribution is 2.40. The Bertz CT molecular complexity index is 1400. The summed E-state index contributed by atoms with van der Waals surface area (Å²) in [5.74, 6) is 0. The first-order valence-electron chi connectivity index (χ1n) is 10.1. The van der Waals surface area contributed by atoms with Gasteiger partial charge >= 0.3 is 0 Å². The molecule has 0 saturated heterocycles. The molecular formula is C21H24Cl3N5O2Si. The van der Waals surface area contributed by atoms with Crippen molar-refractivity contribution in [1.29, 1.82) is 0 Å². The third-order valence-electron chi connectivity index (χ3n) is 5.43. The van der Waals surface area contributed by atoms with E-state index in [1.54, 1.807) is 23.3 Å². The van der Waals surface area contributed by atoms with E-state index in [2.05, 4.69) is 29.7 Å². The minimum atomic E-state index is -1.22. The number of hydrogen-bond acceptors (Lipinski definition) is 4. The molecule has 0 atom stereocenters. The molecule has 0 unspecified atom stereocenters. The van der Waals surface area contributed by atoms with Crippen LogP contribution in [0.4, 0.5) is 0 Å². The topological polar surface area (TPSA) is 66.9 Å². The lowest BCUT2D eigenvalue weighted by Gasteiger charge is -2.15. The summed E-state index contributed by atoms with van der Waals surface area (Å²) >= 11 is 19.4. The van der Waals surface area contributed by atoms with Crippen molar-refractivity contribution in [2.75, 3.05) is 6.61 Å². The van der Waals surface area contributed by atoms with E-state index in [9.17, 15) is 4.79 Å². The van der Waals surface area contributed by atoms with Crippen molar-refractivity contribution in [3.05, 3.63) is 44.1 Å². The molecule has 1 aromatic carbocycles. The fourth-order valence-corrected chi connectivity index (χ4v) is 5.10. The summed E-state index contributed by atoms with van der Waals surface area (Å²) in [5, 5.41) is 6.39. The number of nitrogens with zero attached hydrogens (tertiary/aromatic N) is 5. The van der Waals surface area contributed by atoms with Crippen molar-refractivity contribution < 1.29 is 4.74 Å². The summed E-state index contributed by atoms with van der Waals surface area (Å²) in [5.41, 5.74) is 2.18. The molecule has 11 heteroatoms. The van der Waals surface area contributed by atoms with Gasteiger partial charge in [-0.15, -0.1) is 0 Å². The Kier molecular flexibility index (Phi) is 6.19. The summed E-state index contributed by atoms with van der Waals surface area (Å²) < 4.78 is 10.6. The van der Waals surface area contributed by atoms with Crippen LogP contribution in [0.1, 0.15) is 0 Å². The molecule has 0 bridgehead atoms. The van der Waals surface area contributed by atoms with Gasteiger partial charge in [0.05, 0.1) is 21.3 Å². The van der Waals surface area contributed by atoms with Gasteiger partial charge in [-0.1, -0.05) is 48.9 Å². The van der Waals surface area contributed by atoms with Gasteiger partial charge < -0.3 is 9.30 Å². The molecule has 0 spiro atoms. The van der Waals surface area contributed by atoms with Gasteiger partial charge in [-0.2, -0.15) is 5.10 Å². The molecule has 170 valence electrons. The lowest BCUT2D eigenvalue weighted by Crippen LogP contribution is -2.22. The first kappa shape index (κ1) is 23.3. The van der Waals surface area contributed by atoms with Crippen LogP contribution in [-0.2, 0) is 25.6 Å². The number of hydrogen-bond donors (Lipinski definition) is 0. The highest BCUT2D eigenvalue weighted by atomic mass is 35.5. The Morgan fingerprint density at radius 2 is 1.78 bits per heavy atom. The predicted octanol–water partition coefficient (Wildman–Crippen LogP) is 5.56. The zero-order chi connectivity index (χ0) is 23.4. The monoisotopic (exact) mass is 511 g/mol.